The highest BCUT2D eigenvalue weighted by molar-refractivity contribution is 5.45. The average Bonchev–Trinajstić information content (AvgIpc) is 2.31. The van der Waals surface area contributed by atoms with Crippen LogP contribution < -0.4 is 5.32 Å². The number of halogens is 2. The maximum Gasteiger partial charge on any atom is 0.149 e. The van der Waals surface area contributed by atoms with Crippen LogP contribution in [0.4, 0.5) is 14.5 Å². The summed E-state index contributed by atoms with van der Waals surface area (Å²) in [5, 5.41) is 2.71. The van der Waals surface area contributed by atoms with Gasteiger partial charge in [0.15, 0.2) is 0 Å². The first-order valence-corrected chi connectivity index (χ1v) is 5.50. The van der Waals surface area contributed by atoms with E-state index in [-0.39, 0.29) is 5.69 Å². The molecule has 0 bridgehead atoms. The molecule has 1 aromatic carbocycles. The minimum absolute atomic E-state index is 0.0793. The summed E-state index contributed by atoms with van der Waals surface area (Å²) in [6.45, 7) is 2.08. The van der Waals surface area contributed by atoms with Gasteiger partial charge in [0.05, 0.1) is 13.2 Å². The summed E-state index contributed by atoms with van der Waals surface area (Å²) in [6.07, 6.45) is 0.678. The maximum absolute atomic E-state index is 13.2. The number of hydrogen-bond acceptors (Lipinski definition) is 3. The normalized spacial score (nSPS) is 10.5. The van der Waals surface area contributed by atoms with E-state index >= 15 is 0 Å². The highest BCUT2D eigenvalue weighted by atomic mass is 19.1. The summed E-state index contributed by atoms with van der Waals surface area (Å²) in [5.41, 5.74) is -0.0793. The number of para-hydroxylation sites is 1. The summed E-state index contributed by atoms with van der Waals surface area (Å²) in [6, 6.07) is 3.78. The van der Waals surface area contributed by atoms with Crippen molar-refractivity contribution < 1.29 is 18.3 Å². The van der Waals surface area contributed by atoms with Crippen molar-refractivity contribution in [1.82, 2.24) is 0 Å². The molecule has 0 amide bonds. The maximum atomic E-state index is 13.2. The minimum Gasteiger partial charge on any atom is -0.382 e. The van der Waals surface area contributed by atoms with E-state index in [9.17, 15) is 8.78 Å². The number of nitrogens with one attached hydrogen (secondary N) is 1. The molecular weight excluding hydrogens is 228 g/mol. The van der Waals surface area contributed by atoms with Crippen LogP contribution in [0.15, 0.2) is 18.2 Å². The van der Waals surface area contributed by atoms with Crippen molar-refractivity contribution in [3.63, 3.8) is 0 Å². The number of benzene rings is 1. The Kier molecular flexibility index (Phi) is 6.50. The van der Waals surface area contributed by atoms with Gasteiger partial charge in [-0.3, -0.25) is 0 Å². The molecule has 1 N–H and O–H groups in total. The third kappa shape index (κ3) is 5.10. The second kappa shape index (κ2) is 7.97. The predicted octanol–water partition coefficient (Wildman–Crippen LogP) is 2.43. The average molecular weight is 245 g/mol. The summed E-state index contributed by atoms with van der Waals surface area (Å²) < 4.78 is 36.4. The number of hydrogen-bond donors (Lipinski definition) is 1. The van der Waals surface area contributed by atoms with Crippen molar-refractivity contribution in [3.8, 4) is 0 Å². The molecule has 0 spiro atoms. The zero-order valence-corrected chi connectivity index (χ0v) is 9.84. The Morgan fingerprint density at radius 1 is 1.12 bits per heavy atom. The van der Waals surface area contributed by atoms with Gasteiger partial charge >= 0.3 is 0 Å². The van der Waals surface area contributed by atoms with Gasteiger partial charge in [-0.05, 0) is 18.6 Å². The van der Waals surface area contributed by atoms with E-state index in [1.54, 1.807) is 7.11 Å². The molecule has 96 valence electrons. The lowest BCUT2D eigenvalue weighted by Crippen LogP contribution is -2.10. The van der Waals surface area contributed by atoms with Crippen LogP contribution >= 0.6 is 0 Å². The molecular formula is C12H17F2NO2. The molecule has 0 atom stereocenters. The van der Waals surface area contributed by atoms with Crippen molar-refractivity contribution >= 4 is 5.69 Å². The van der Waals surface area contributed by atoms with Crippen LogP contribution in [0, 0.1) is 11.6 Å². The molecule has 0 heterocycles. The van der Waals surface area contributed by atoms with Gasteiger partial charge in [0.1, 0.15) is 17.3 Å². The molecule has 1 aromatic rings. The van der Waals surface area contributed by atoms with E-state index in [0.29, 0.717) is 32.8 Å². The molecule has 0 aromatic heterocycles. The van der Waals surface area contributed by atoms with Crippen LogP contribution in [-0.4, -0.2) is 33.5 Å². The van der Waals surface area contributed by atoms with Gasteiger partial charge in [-0.25, -0.2) is 8.78 Å². The standard InChI is InChI=1S/C12H17F2NO2/c1-16-8-9-17-7-3-6-15-12-10(13)4-2-5-11(12)14/h2,4-5,15H,3,6-9H2,1H3. The number of methoxy groups -OCH3 is 1. The third-order valence-corrected chi connectivity index (χ3v) is 2.16. The van der Waals surface area contributed by atoms with Crippen LogP contribution in [0.2, 0.25) is 0 Å². The van der Waals surface area contributed by atoms with Crippen LogP contribution in [-0.2, 0) is 9.47 Å². The Morgan fingerprint density at radius 2 is 1.82 bits per heavy atom. The summed E-state index contributed by atoms with van der Waals surface area (Å²) in [4.78, 5) is 0. The second-order valence-electron chi connectivity index (χ2n) is 3.48. The molecule has 17 heavy (non-hydrogen) atoms. The lowest BCUT2D eigenvalue weighted by atomic mass is 10.3. The third-order valence-electron chi connectivity index (χ3n) is 2.16. The predicted molar refractivity (Wildman–Crippen MR) is 62.2 cm³/mol. The zero-order valence-electron chi connectivity index (χ0n) is 9.84. The van der Waals surface area contributed by atoms with Gasteiger partial charge in [-0.2, -0.15) is 0 Å². The second-order valence-corrected chi connectivity index (χ2v) is 3.48. The Morgan fingerprint density at radius 3 is 2.47 bits per heavy atom. The largest absolute Gasteiger partial charge is 0.382 e. The van der Waals surface area contributed by atoms with E-state index in [1.165, 1.54) is 18.2 Å². The Bertz CT molecular complexity index is 314. The van der Waals surface area contributed by atoms with Crippen molar-refractivity contribution in [2.45, 2.75) is 6.42 Å². The number of rotatable bonds is 8. The SMILES string of the molecule is COCCOCCCNc1c(F)cccc1F. The van der Waals surface area contributed by atoms with E-state index in [2.05, 4.69) is 5.32 Å². The fourth-order valence-electron chi connectivity index (χ4n) is 1.30. The number of anilines is 1. The van der Waals surface area contributed by atoms with Gasteiger partial charge in [-0.1, -0.05) is 6.07 Å². The van der Waals surface area contributed by atoms with Gasteiger partial charge in [0.2, 0.25) is 0 Å². The minimum atomic E-state index is -0.578. The molecule has 0 saturated carbocycles. The van der Waals surface area contributed by atoms with E-state index in [0.717, 1.165) is 0 Å². The van der Waals surface area contributed by atoms with Crippen molar-refractivity contribution in [2.24, 2.45) is 0 Å². The molecule has 0 unspecified atom stereocenters. The van der Waals surface area contributed by atoms with Gasteiger partial charge < -0.3 is 14.8 Å². The van der Waals surface area contributed by atoms with Gasteiger partial charge in [0, 0.05) is 20.3 Å². The smallest absolute Gasteiger partial charge is 0.149 e. The first-order chi connectivity index (χ1) is 8.25. The zero-order chi connectivity index (χ0) is 12.5. The van der Waals surface area contributed by atoms with Crippen molar-refractivity contribution in [1.29, 1.82) is 0 Å². The lowest BCUT2D eigenvalue weighted by molar-refractivity contribution is 0.0705. The highest BCUT2D eigenvalue weighted by Gasteiger charge is 2.06. The molecule has 0 saturated heterocycles. The van der Waals surface area contributed by atoms with E-state index in [4.69, 9.17) is 9.47 Å². The molecule has 0 fully saturated rings. The first kappa shape index (κ1) is 13.9. The van der Waals surface area contributed by atoms with Crippen molar-refractivity contribution in [3.05, 3.63) is 29.8 Å². The highest BCUT2D eigenvalue weighted by Crippen LogP contribution is 2.17. The topological polar surface area (TPSA) is 30.5 Å². The summed E-state index contributed by atoms with van der Waals surface area (Å²) in [5.74, 6) is -1.16. The molecule has 0 radical (unpaired) electrons. The van der Waals surface area contributed by atoms with E-state index < -0.39 is 11.6 Å². The fourth-order valence-corrected chi connectivity index (χ4v) is 1.30. The first-order valence-electron chi connectivity index (χ1n) is 5.50. The van der Waals surface area contributed by atoms with Crippen LogP contribution in [0.5, 0.6) is 0 Å². The Hall–Kier alpha value is -1.20. The Labute approximate surface area is 99.7 Å². The molecule has 3 nitrogen and oxygen atoms in total. The number of ether oxygens (including phenoxy) is 2. The van der Waals surface area contributed by atoms with Crippen LogP contribution in [0.3, 0.4) is 0 Å². The molecule has 0 aliphatic rings. The fraction of sp³-hybridized carbons (Fsp3) is 0.500. The Balaban J connectivity index is 2.18. The summed E-state index contributed by atoms with van der Waals surface area (Å²) >= 11 is 0. The molecule has 5 heteroatoms. The van der Waals surface area contributed by atoms with E-state index in [1.807, 2.05) is 0 Å². The van der Waals surface area contributed by atoms with Crippen LogP contribution in [0.1, 0.15) is 6.42 Å². The molecule has 0 aliphatic carbocycles. The molecule has 0 aliphatic heterocycles. The van der Waals surface area contributed by atoms with Crippen molar-refractivity contribution in [2.75, 3.05) is 38.8 Å². The van der Waals surface area contributed by atoms with Crippen LogP contribution in [0.25, 0.3) is 0 Å². The quantitative estimate of drug-likeness (QED) is 0.713. The summed E-state index contributed by atoms with van der Waals surface area (Å²) in [7, 11) is 1.60. The lowest BCUT2D eigenvalue weighted by Gasteiger charge is -2.08. The molecule has 1 rings (SSSR count). The van der Waals surface area contributed by atoms with Gasteiger partial charge in [-0.15, -0.1) is 0 Å². The monoisotopic (exact) mass is 245 g/mol. The van der Waals surface area contributed by atoms with Gasteiger partial charge in [0.25, 0.3) is 0 Å².